The van der Waals surface area contributed by atoms with Gasteiger partial charge in [0.25, 0.3) is 5.91 Å². The fourth-order valence-electron chi connectivity index (χ4n) is 5.90. The summed E-state index contributed by atoms with van der Waals surface area (Å²) < 4.78 is 8.09. The minimum absolute atomic E-state index is 0.0532. The molecular weight excluding hydrogens is 496 g/mol. The minimum Gasteiger partial charge on any atom is -0.454 e. The molecule has 7 nitrogen and oxygen atoms in total. The van der Waals surface area contributed by atoms with E-state index in [2.05, 4.69) is 33.1 Å². The lowest BCUT2D eigenvalue weighted by molar-refractivity contribution is -0.938. The third-order valence-corrected chi connectivity index (χ3v) is 8.84. The fourth-order valence-corrected chi connectivity index (χ4v) is 6.89. The number of benzene rings is 2. The first-order chi connectivity index (χ1) is 18.6. The highest BCUT2D eigenvalue weighted by Gasteiger charge is 2.49. The summed E-state index contributed by atoms with van der Waals surface area (Å²) in [5, 5.41) is 9.47. The molecule has 2 aromatic heterocycles. The van der Waals surface area contributed by atoms with Gasteiger partial charge in [-0.2, -0.15) is 0 Å². The molecule has 2 aromatic carbocycles. The predicted molar refractivity (Wildman–Crippen MR) is 150 cm³/mol. The second-order valence-electron chi connectivity index (χ2n) is 10.3. The van der Waals surface area contributed by atoms with Crippen molar-refractivity contribution in [1.29, 1.82) is 0 Å². The third kappa shape index (κ3) is 5.14. The van der Waals surface area contributed by atoms with E-state index in [1.807, 2.05) is 54.6 Å². The molecular formula is C30H31N4O3S+. The van der Waals surface area contributed by atoms with Crippen molar-refractivity contribution in [2.45, 2.75) is 25.0 Å². The van der Waals surface area contributed by atoms with Crippen molar-refractivity contribution < 1.29 is 18.8 Å². The number of pyridine rings is 1. The van der Waals surface area contributed by atoms with Crippen LogP contribution in [0.1, 0.15) is 24.4 Å². The smallest absolute Gasteiger partial charge is 0.333 e. The summed E-state index contributed by atoms with van der Waals surface area (Å²) in [5.41, 5.74) is 1.80. The van der Waals surface area contributed by atoms with Gasteiger partial charge in [-0.15, -0.1) is 11.3 Å². The van der Waals surface area contributed by atoms with Crippen LogP contribution in [-0.2, 0) is 14.3 Å². The van der Waals surface area contributed by atoms with Crippen LogP contribution >= 0.6 is 11.3 Å². The van der Waals surface area contributed by atoms with Gasteiger partial charge >= 0.3 is 5.97 Å². The van der Waals surface area contributed by atoms with Crippen molar-refractivity contribution in [3.05, 3.63) is 89.9 Å². The number of aromatic nitrogens is 1. The van der Waals surface area contributed by atoms with Crippen LogP contribution in [0.15, 0.2) is 84.4 Å². The third-order valence-electron chi connectivity index (χ3n) is 7.86. The van der Waals surface area contributed by atoms with Crippen molar-refractivity contribution in [2.24, 2.45) is 5.92 Å². The molecule has 7 rings (SSSR count). The van der Waals surface area contributed by atoms with Crippen LogP contribution in [0.25, 0.3) is 10.1 Å². The van der Waals surface area contributed by atoms with Crippen LogP contribution in [0, 0.1) is 5.92 Å². The first kappa shape index (κ1) is 24.6. The zero-order valence-corrected chi connectivity index (χ0v) is 21.9. The number of piperidine rings is 3. The number of ether oxygens (including phenoxy) is 1. The summed E-state index contributed by atoms with van der Waals surface area (Å²) in [4.78, 5) is 30.9. The molecule has 2 atom stereocenters. The van der Waals surface area contributed by atoms with Crippen LogP contribution in [0.2, 0.25) is 0 Å². The summed E-state index contributed by atoms with van der Waals surface area (Å²) in [6, 6.07) is 22.8. The van der Waals surface area contributed by atoms with E-state index in [0.29, 0.717) is 29.3 Å². The molecule has 5 heterocycles. The number of esters is 1. The first-order valence-electron chi connectivity index (χ1n) is 13.1. The number of para-hydroxylation sites is 1. The van der Waals surface area contributed by atoms with Crippen molar-refractivity contribution in [3.8, 4) is 0 Å². The summed E-state index contributed by atoms with van der Waals surface area (Å²) in [5.74, 6) is 0.563. The number of thiophene rings is 1. The summed E-state index contributed by atoms with van der Waals surface area (Å²) in [6.07, 6.45) is 3.36. The Morgan fingerprint density at radius 3 is 2.55 bits per heavy atom. The van der Waals surface area contributed by atoms with Gasteiger partial charge in [0.1, 0.15) is 12.4 Å². The SMILES string of the molecule is O=C(C[N+]12CCC(CC1)[C@@H](OC(=O)C(Nc1ccccc1)c1csc3ccccc13)C2)Nc1ccccn1. The molecule has 1 amide bonds. The van der Waals surface area contributed by atoms with Crippen LogP contribution < -0.4 is 10.6 Å². The van der Waals surface area contributed by atoms with E-state index in [-0.39, 0.29) is 18.0 Å². The second-order valence-corrected chi connectivity index (χ2v) is 11.2. The van der Waals surface area contributed by atoms with E-state index in [1.54, 1.807) is 23.6 Å². The monoisotopic (exact) mass is 527 g/mol. The summed E-state index contributed by atoms with van der Waals surface area (Å²) in [6.45, 7) is 2.87. The van der Waals surface area contributed by atoms with E-state index in [1.165, 1.54) is 0 Å². The van der Waals surface area contributed by atoms with Gasteiger partial charge in [0, 0.05) is 40.9 Å². The zero-order valence-electron chi connectivity index (χ0n) is 21.1. The number of hydrogen-bond acceptors (Lipinski definition) is 6. The number of nitrogens with zero attached hydrogens (tertiary/aromatic N) is 2. The predicted octanol–water partition coefficient (Wildman–Crippen LogP) is 5.24. The highest BCUT2D eigenvalue weighted by molar-refractivity contribution is 7.17. The molecule has 3 saturated heterocycles. The van der Waals surface area contributed by atoms with Gasteiger partial charge in [0.05, 0.1) is 13.1 Å². The quantitative estimate of drug-likeness (QED) is 0.242. The normalized spacial score (nSPS) is 23.1. The lowest BCUT2D eigenvalue weighted by atomic mass is 9.83. The Morgan fingerprint density at radius 2 is 1.76 bits per heavy atom. The van der Waals surface area contributed by atoms with E-state index < -0.39 is 6.04 Å². The lowest BCUT2D eigenvalue weighted by Gasteiger charge is -2.51. The van der Waals surface area contributed by atoms with Crippen molar-refractivity contribution >= 4 is 44.8 Å². The molecule has 1 unspecified atom stereocenters. The lowest BCUT2D eigenvalue weighted by Crippen LogP contribution is -2.66. The number of hydrogen-bond donors (Lipinski definition) is 2. The fraction of sp³-hybridized carbons (Fsp3) is 0.300. The second kappa shape index (κ2) is 10.6. The Balaban J connectivity index is 1.20. The molecule has 0 spiro atoms. The topological polar surface area (TPSA) is 80.3 Å². The Morgan fingerprint density at radius 1 is 1.00 bits per heavy atom. The van der Waals surface area contributed by atoms with Crippen LogP contribution in [0.5, 0.6) is 0 Å². The maximum Gasteiger partial charge on any atom is 0.333 e. The highest BCUT2D eigenvalue weighted by atomic mass is 32.1. The van der Waals surface area contributed by atoms with E-state index in [9.17, 15) is 9.59 Å². The number of nitrogens with one attached hydrogen (secondary N) is 2. The van der Waals surface area contributed by atoms with Crippen LogP contribution in [0.4, 0.5) is 11.5 Å². The van der Waals surface area contributed by atoms with Gasteiger partial charge in [-0.3, -0.25) is 4.79 Å². The van der Waals surface area contributed by atoms with Crippen LogP contribution in [0.3, 0.4) is 0 Å². The van der Waals surface area contributed by atoms with Gasteiger partial charge in [0.15, 0.2) is 18.7 Å². The van der Waals surface area contributed by atoms with E-state index in [0.717, 1.165) is 47.3 Å². The molecule has 8 heteroatoms. The Bertz CT molecular complexity index is 1420. The van der Waals surface area contributed by atoms with Gasteiger partial charge in [-0.25, -0.2) is 9.78 Å². The molecule has 0 saturated carbocycles. The van der Waals surface area contributed by atoms with Gasteiger partial charge in [-0.05, 0) is 41.1 Å². The van der Waals surface area contributed by atoms with E-state index in [4.69, 9.17) is 4.74 Å². The number of carbonyl (C=O) groups is 2. The summed E-state index contributed by atoms with van der Waals surface area (Å²) >= 11 is 1.63. The molecule has 4 aromatic rings. The number of amides is 1. The van der Waals surface area contributed by atoms with Crippen molar-refractivity contribution in [1.82, 2.24) is 4.98 Å². The molecule has 194 valence electrons. The largest absolute Gasteiger partial charge is 0.454 e. The molecule has 3 fully saturated rings. The molecule has 2 N–H and O–H groups in total. The van der Waals surface area contributed by atoms with Gasteiger partial charge < -0.3 is 19.9 Å². The first-order valence-corrected chi connectivity index (χ1v) is 14.0. The Kier molecular flexibility index (Phi) is 6.82. The summed E-state index contributed by atoms with van der Waals surface area (Å²) in [7, 11) is 0. The Hall–Kier alpha value is -3.75. The molecule has 3 aliphatic heterocycles. The number of quaternary nitrogens is 1. The van der Waals surface area contributed by atoms with Crippen molar-refractivity contribution in [3.63, 3.8) is 0 Å². The maximum atomic E-state index is 13.8. The van der Waals surface area contributed by atoms with Gasteiger partial charge in [0.2, 0.25) is 0 Å². The van der Waals surface area contributed by atoms with Crippen LogP contribution in [-0.4, -0.2) is 53.6 Å². The van der Waals surface area contributed by atoms with Gasteiger partial charge in [-0.1, -0.05) is 42.5 Å². The zero-order chi connectivity index (χ0) is 26.0. The minimum atomic E-state index is -0.620. The van der Waals surface area contributed by atoms with Crippen molar-refractivity contribution in [2.75, 3.05) is 36.8 Å². The highest BCUT2D eigenvalue weighted by Crippen LogP contribution is 2.38. The molecule has 38 heavy (non-hydrogen) atoms. The maximum absolute atomic E-state index is 13.8. The number of anilines is 2. The molecule has 3 aliphatic rings. The molecule has 0 aliphatic carbocycles. The number of rotatable bonds is 8. The Labute approximate surface area is 226 Å². The average Bonchev–Trinajstić information content (AvgIpc) is 3.37. The molecule has 0 radical (unpaired) electrons. The van der Waals surface area contributed by atoms with E-state index >= 15 is 0 Å². The average molecular weight is 528 g/mol. The number of fused-ring (bicyclic) bond motifs is 4. The number of carbonyl (C=O) groups excluding carboxylic acids is 2. The molecule has 2 bridgehead atoms. The standard InChI is InChI=1S/C30H30N4O3S/c35-28(33-27-12-6-7-15-31-27)19-34-16-13-21(14-17-34)25(18-34)37-30(36)29(32-22-8-2-1-3-9-22)24-20-38-26-11-5-4-10-23(24)26/h1-12,15,20-21,25,29,32H,13-14,16-19H2/p+1/t21?,25-,29?,34?/m0/s1.